The maximum Gasteiger partial charge on any atom is 0.267 e. The zero-order valence-corrected chi connectivity index (χ0v) is 13.3. The van der Waals surface area contributed by atoms with Gasteiger partial charge in [-0.1, -0.05) is 12.1 Å². The number of hydrogen-bond acceptors (Lipinski definition) is 5. The molecule has 0 fully saturated rings. The number of anilines is 1. The second kappa shape index (κ2) is 7.12. The normalized spacial score (nSPS) is 10.9. The van der Waals surface area contributed by atoms with Gasteiger partial charge in [0.2, 0.25) is 0 Å². The van der Waals surface area contributed by atoms with Crippen molar-refractivity contribution in [2.24, 2.45) is 5.84 Å². The van der Waals surface area contributed by atoms with Gasteiger partial charge in [-0.2, -0.15) is 0 Å². The van der Waals surface area contributed by atoms with Crippen molar-refractivity contribution in [3.05, 3.63) is 54.1 Å². The maximum atomic E-state index is 12.4. The molecule has 0 saturated heterocycles. The first-order chi connectivity index (χ1) is 11.0. The molecule has 0 atom stereocenters. The van der Waals surface area contributed by atoms with Crippen LogP contribution in [0.5, 0.6) is 5.75 Å². The molecule has 0 heterocycles. The number of hydrazine groups is 1. The lowest BCUT2D eigenvalue weighted by atomic mass is 10.2. The molecule has 0 unspecified atom stereocenters. The summed E-state index contributed by atoms with van der Waals surface area (Å²) in [6.07, 6.45) is 0. The van der Waals surface area contributed by atoms with Crippen LogP contribution in [0.4, 0.5) is 5.69 Å². The number of ether oxygens (including phenoxy) is 1. The fourth-order valence-electron chi connectivity index (χ4n) is 1.93. The molecule has 0 saturated carbocycles. The van der Waals surface area contributed by atoms with Gasteiger partial charge in [0.05, 0.1) is 22.8 Å². The third-order valence-electron chi connectivity index (χ3n) is 2.99. The molecule has 2 rings (SSSR count). The van der Waals surface area contributed by atoms with Crippen molar-refractivity contribution >= 4 is 21.6 Å². The Hall–Kier alpha value is -2.58. The van der Waals surface area contributed by atoms with E-state index in [0.29, 0.717) is 12.4 Å². The van der Waals surface area contributed by atoms with E-state index in [9.17, 15) is 13.2 Å². The number of rotatable bonds is 6. The smallest absolute Gasteiger partial charge is 0.267 e. The number of carbonyl (C=O) groups excluding carboxylic acids is 1. The van der Waals surface area contributed by atoms with Gasteiger partial charge in [-0.3, -0.25) is 14.9 Å². The molecule has 4 N–H and O–H groups in total. The third kappa shape index (κ3) is 3.99. The van der Waals surface area contributed by atoms with Crippen molar-refractivity contribution < 1.29 is 17.9 Å². The standard InChI is InChI=1S/C15H17N3O4S/c1-2-22-11-7-9-12(10-8-11)23(20,21)18-14-6-4-3-5-13(14)15(19)17-16/h3-10,18H,2,16H2,1H3,(H,17,19). The first kappa shape index (κ1) is 16.8. The molecular weight excluding hydrogens is 318 g/mol. The summed E-state index contributed by atoms with van der Waals surface area (Å²) in [5, 5.41) is 0. The second-order valence-corrected chi connectivity index (χ2v) is 6.21. The minimum absolute atomic E-state index is 0.0592. The topological polar surface area (TPSA) is 111 Å². The molecular formula is C15H17N3O4S. The van der Waals surface area contributed by atoms with Crippen LogP contribution in [0.3, 0.4) is 0 Å². The van der Waals surface area contributed by atoms with Crippen molar-refractivity contribution in [3.63, 3.8) is 0 Å². The van der Waals surface area contributed by atoms with Gasteiger partial charge < -0.3 is 4.74 Å². The SMILES string of the molecule is CCOc1ccc(S(=O)(=O)Nc2ccccc2C(=O)NN)cc1. The van der Waals surface area contributed by atoms with E-state index in [0.717, 1.165) is 0 Å². The molecule has 0 aliphatic rings. The quantitative estimate of drug-likeness (QED) is 0.421. The molecule has 23 heavy (non-hydrogen) atoms. The van der Waals surface area contributed by atoms with Crippen LogP contribution in [-0.4, -0.2) is 20.9 Å². The van der Waals surface area contributed by atoms with Crippen LogP contribution >= 0.6 is 0 Å². The fourth-order valence-corrected chi connectivity index (χ4v) is 3.01. The number of hydrogen-bond donors (Lipinski definition) is 3. The largest absolute Gasteiger partial charge is 0.494 e. The van der Waals surface area contributed by atoms with E-state index >= 15 is 0 Å². The number of para-hydroxylation sites is 1. The van der Waals surface area contributed by atoms with E-state index in [1.165, 1.54) is 24.3 Å². The summed E-state index contributed by atoms with van der Waals surface area (Å²) in [6, 6.07) is 12.2. The van der Waals surface area contributed by atoms with Crippen LogP contribution in [-0.2, 0) is 10.0 Å². The van der Waals surface area contributed by atoms with E-state index in [4.69, 9.17) is 10.6 Å². The Kier molecular flexibility index (Phi) is 5.20. The molecule has 0 spiro atoms. The molecule has 0 radical (unpaired) electrons. The van der Waals surface area contributed by atoms with Gasteiger partial charge in [-0.25, -0.2) is 14.3 Å². The summed E-state index contributed by atoms with van der Waals surface area (Å²) < 4.78 is 32.5. The van der Waals surface area contributed by atoms with Crippen LogP contribution in [0.15, 0.2) is 53.4 Å². The summed E-state index contributed by atoms with van der Waals surface area (Å²) in [6.45, 7) is 2.33. The molecule has 0 aliphatic carbocycles. The van der Waals surface area contributed by atoms with Crippen LogP contribution in [0.1, 0.15) is 17.3 Å². The van der Waals surface area contributed by atoms with Crippen LogP contribution in [0.25, 0.3) is 0 Å². The van der Waals surface area contributed by atoms with Crippen LogP contribution < -0.4 is 20.7 Å². The van der Waals surface area contributed by atoms with Gasteiger partial charge in [0.25, 0.3) is 15.9 Å². The van der Waals surface area contributed by atoms with Crippen molar-refractivity contribution in [1.82, 2.24) is 5.43 Å². The Morgan fingerprint density at radius 3 is 2.39 bits per heavy atom. The highest BCUT2D eigenvalue weighted by atomic mass is 32.2. The average molecular weight is 335 g/mol. The molecule has 122 valence electrons. The number of nitrogens with one attached hydrogen (secondary N) is 2. The van der Waals surface area contributed by atoms with E-state index in [1.54, 1.807) is 24.3 Å². The third-order valence-corrected chi connectivity index (χ3v) is 4.37. The Labute approximate surface area is 134 Å². The summed E-state index contributed by atoms with van der Waals surface area (Å²) in [5.74, 6) is 5.09. The lowest BCUT2D eigenvalue weighted by Crippen LogP contribution is -2.31. The van der Waals surface area contributed by atoms with E-state index in [2.05, 4.69) is 4.72 Å². The number of benzene rings is 2. The summed E-state index contributed by atoms with van der Waals surface area (Å²) in [5.41, 5.74) is 2.25. The lowest BCUT2D eigenvalue weighted by Gasteiger charge is -2.12. The van der Waals surface area contributed by atoms with Crippen molar-refractivity contribution in [3.8, 4) is 5.75 Å². The Bertz CT molecular complexity index is 789. The van der Waals surface area contributed by atoms with Crippen molar-refractivity contribution in [2.75, 3.05) is 11.3 Å². The lowest BCUT2D eigenvalue weighted by molar-refractivity contribution is 0.0954. The summed E-state index contributed by atoms with van der Waals surface area (Å²) in [4.78, 5) is 11.7. The molecule has 2 aromatic rings. The Morgan fingerprint density at radius 2 is 1.78 bits per heavy atom. The predicted octanol–water partition coefficient (Wildman–Crippen LogP) is 1.49. The van der Waals surface area contributed by atoms with E-state index in [-0.39, 0.29) is 16.1 Å². The zero-order chi connectivity index (χ0) is 16.9. The van der Waals surface area contributed by atoms with Gasteiger partial charge in [0.1, 0.15) is 5.75 Å². The van der Waals surface area contributed by atoms with Gasteiger partial charge >= 0.3 is 0 Å². The summed E-state index contributed by atoms with van der Waals surface area (Å²) in [7, 11) is -3.84. The molecule has 1 amide bonds. The molecule has 0 bridgehead atoms. The Balaban J connectivity index is 2.30. The highest BCUT2D eigenvalue weighted by Crippen LogP contribution is 2.21. The highest BCUT2D eigenvalue weighted by molar-refractivity contribution is 7.92. The zero-order valence-electron chi connectivity index (χ0n) is 12.4. The number of nitrogens with two attached hydrogens (primary N) is 1. The molecule has 0 aliphatic heterocycles. The average Bonchev–Trinajstić information content (AvgIpc) is 2.55. The van der Waals surface area contributed by atoms with Crippen LogP contribution in [0.2, 0.25) is 0 Å². The number of amides is 1. The number of nitrogen functional groups attached to an aromatic ring is 1. The highest BCUT2D eigenvalue weighted by Gasteiger charge is 2.18. The van der Waals surface area contributed by atoms with Gasteiger partial charge in [0, 0.05) is 0 Å². The van der Waals surface area contributed by atoms with Gasteiger partial charge in [-0.05, 0) is 43.3 Å². The fraction of sp³-hybridized carbons (Fsp3) is 0.133. The van der Waals surface area contributed by atoms with Gasteiger partial charge in [0.15, 0.2) is 0 Å². The van der Waals surface area contributed by atoms with E-state index in [1.807, 2.05) is 12.3 Å². The van der Waals surface area contributed by atoms with Crippen molar-refractivity contribution in [1.29, 1.82) is 0 Å². The molecule has 7 nitrogen and oxygen atoms in total. The number of sulfonamides is 1. The molecule has 0 aromatic heterocycles. The minimum atomic E-state index is -3.84. The maximum absolute atomic E-state index is 12.4. The second-order valence-electron chi connectivity index (χ2n) is 4.53. The Morgan fingerprint density at radius 1 is 1.13 bits per heavy atom. The van der Waals surface area contributed by atoms with Crippen LogP contribution in [0, 0.1) is 0 Å². The molecule has 8 heteroatoms. The van der Waals surface area contributed by atoms with Gasteiger partial charge in [-0.15, -0.1) is 0 Å². The predicted molar refractivity (Wildman–Crippen MR) is 86.5 cm³/mol. The van der Waals surface area contributed by atoms with Crippen molar-refractivity contribution in [2.45, 2.75) is 11.8 Å². The first-order valence-electron chi connectivity index (χ1n) is 6.83. The monoisotopic (exact) mass is 335 g/mol. The minimum Gasteiger partial charge on any atom is -0.494 e. The summed E-state index contributed by atoms with van der Waals surface area (Å²) >= 11 is 0. The van der Waals surface area contributed by atoms with E-state index < -0.39 is 15.9 Å². The number of carbonyl (C=O) groups is 1. The first-order valence-corrected chi connectivity index (χ1v) is 8.32. The molecule has 2 aromatic carbocycles.